The van der Waals surface area contributed by atoms with Crippen LogP contribution in [-0.4, -0.2) is 0 Å². The molecule has 0 nitrogen and oxygen atoms in total. The van der Waals surface area contributed by atoms with Gasteiger partial charge in [0.1, 0.15) is 11.6 Å². The number of benzene rings is 1. The summed E-state index contributed by atoms with van der Waals surface area (Å²) in [6.07, 6.45) is 0. The molecule has 0 aromatic heterocycles. The fourth-order valence-electron chi connectivity index (χ4n) is 0.573. The Kier molecular flexibility index (Phi) is 2.21. The van der Waals surface area contributed by atoms with Gasteiger partial charge in [-0.15, -0.1) is 0 Å². The van der Waals surface area contributed by atoms with E-state index in [2.05, 4.69) is 0 Å². The molecule has 4 heteroatoms. The molecule has 0 radical (unpaired) electrons. The van der Waals surface area contributed by atoms with Gasteiger partial charge < -0.3 is 0 Å². The highest BCUT2D eigenvalue weighted by Gasteiger charge is 1.99. The molecule has 54 valence electrons. The first-order valence-corrected chi connectivity index (χ1v) is 3.19. The summed E-state index contributed by atoms with van der Waals surface area (Å²) in [4.78, 5) is -0.0579. The maximum Gasteiger partial charge on any atom is 0.127 e. The third kappa shape index (κ3) is 1.67. The Morgan fingerprint density at radius 1 is 1.00 bits per heavy atom. The summed E-state index contributed by atoms with van der Waals surface area (Å²) < 4.78 is 36.1. The van der Waals surface area contributed by atoms with Crippen molar-refractivity contribution in [3.8, 4) is 0 Å². The van der Waals surface area contributed by atoms with Crippen molar-refractivity contribution in [3.63, 3.8) is 0 Å². The fourth-order valence-corrected chi connectivity index (χ4v) is 0.887. The van der Waals surface area contributed by atoms with E-state index < -0.39 is 11.6 Å². The predicted molar refractivity (Wildman–Crippen MR) is 33.3 cm³/mol. The maximum absolute atomic E-state index is 12.2. The molecule has 0 aliphatic rings. The highest BCUT2D eigenvalue weighted by Crippen LogP contribution is 2.20. The topological polar surface area (TPSA) is 0 Å². The van der Waals surface area contributed by atoms with Crippen molar-refractivity contribution >= 4 is 12.1 Å². The Bertz CT molecular complexity index is 216. The smallest absolute Gasteiger partial charge is 0.127 e. The Balaban J connectivity index is 3.06. The van der Waals surface area contributed by atoms with E-state index in [0.29, 0.717) is 6.07 Å². The summed E-state index contributed by atoms with van der Waals surface area (Å²) in [5, 5.41) is 0. The number of halogens is 3. The first kappa shape index (κ1) is 7.47. The van der Waals surface area contributed by atoms with E-state index in [-0.39, 0.29) is 17.0 Å². The van der Waals surface area contributed by atoms with Gasteiger partial charge in [0.15, 0.2) is 0 Å². The molecule has 0 amide bonds. The minimum atomic E-state index is -0.764. The van der Waals surface area contributed by atoms with E-state index in [1.165, 1.54) is 0 Å². The highest BCUT2D eigenvalue weighted by atomic mass is 32.2. The van der Waals surface area contributed by atoms with Crippen LogP contribution in [0.4, 0.5) is 12.7 Å². The molecule has 0 saturated carbocycles. The van der Waals surface area contributed by atoms with Crippen molar-refractivity contribution in [1.29, 1.82) is 0 Å². The van der Waals surface area contributed by atoms with Crippen molar-refractivity contribution in [2.45, 2.75) is 4.90 Å². The van der Waals surface area contributed by atoms with Crippen LogP contribution in [0.25, 0.3) is 0 Å². The van der Waals surface area contributed by atoms with Gasteiger partial charge in [-0.1, -0.05) is 0 Å². The summed E-state index contributed by atoms with van der Waals surface area (Å²) in [6.45, 7) is 0. The lowest BCUT2D eigenvalue weighted by Crippen LogP contribution is -1.78. The maximum atomic E-state index is 12.2. The Morgan fingerprint density at radius 2 is 1.50 bits per heavy atom. The van der Waals surface area contributed by atoms with Gasteiger partial charge >= 0.3 is 0 Å². The van der Waals surface area contributed by atoms with Gasteiger partial charge in [0.2, 0.25) is 0 Å². The summed E-state index contributed by atoms with van der Waals surface area (Å²) in [7, 11) is 0. The van der Waals surface area contributed by atoms with Crippen molar-refractivity contribution in [3.05, 3.63) is 29.8 Å². The lowest BCUT2D eigenvalue weighted by atomic mass is 10.3. The second-order valence-corrected chi connectivity index (χ2v) is 2.31. The van der Waals surface area contributed by atoms with Crippen LogP contribution >= 0.6 is 12.1 Å². The zero-order chi connectivity index (χ0) is 7.56. The monoisotopic (exact) mass is 164 g/mol. The number of hydrogen-bond acceptors (Lipinski definition) is 1. The van der Waals surface area contributed by atoms with E-state index in [0.717, 1.165) is 12.1 Å². The molecule has 0 unspecified atom stereocenters. The zero-order valence-corrected chi connectivity index (χ0v) is 5.59. The molecule has 1 aromatic rings. The average molecular weight is 164 g/mol. The molecule has 0 aliphatic heterocycles. The van der Waals surface area contributed by atoms with Gasteiger partial charge in [-0.3, -0.25) is 0 Å². The van der Waals surface area contributed by atoms with E-state index in [1.54, 1.807) is 0 Å². The molecule has 0 N–H and O–H groups in total. The number of rotatable bonds is 1. The standard InChI is InChI=1S/C6H3F3S/c7-4-1-5(8)3-6(2-4)10-9/h1-3H. The van der Waals surface area contributed by atoms with Crippen LogP contribution in [0.5, 0.6) is 0 Å². The zero-order valence-electron chi connectivity index (χ0n) is 4.77. The van der Waals surface area contributed by atoms with Crippen LogP contribution < -0.4 is 0 Å². The lowest BCUT2D eigenvalue weighted by Gasteiger charge is -1.92. The number of hydrogen-bond donors (Lipinski definition) is 0. The van der Waals surface area contributed by atoms with Gasteiger partial charge in [-0.25, -0.2) is 8.78 Å². The quantitative estimate of drug-likeness (QED) is 0.614. The molecule has 0 atom stereocenters. The average Bonchev–Trinajstić information content (AvgIpc) is 1.85. The molecule has 0 heterocycles. The van der Waals surface area contributed by atoms with Crippen molar-refractivity contribution < 1.29 is 12.7 Å². The van der Waals surface area contributed by atoms with Gasteiger partial charge in [-0.05, 0) is 12.1 Å². The van der Waals surface area contributed by atoms with E-state index in [9.17, 15) is 12.7 Å². The fraction of sp³-hybridized carbons (Fsp3) is 0. The minimum Gasteiger partial charge on any atom is -0.207 e. The molecule has 0 saturated heterocycles. The minimum absolute atomic E-state index is 0.0579. The molecule has 0 fully saturated rings. The van der Waals surface area contributed by atoms with Crippen molar-refractivity contribution in [2.24, 2.45) is 0 Å². The summed E-state index contributed by atoms with van der Waals surface area (Å²) in [5.74, 6) is -1.53. The second kappa shape index (κ2) is 2.96. The van der Waals surface area contributed by atoms with Crippen LogP contribution in [0.2, 0.25) is 0 Å². The summed E-state index contributed by atoms with van der Waals surface area (Å²) >= 11 is -0.183. The third-order valence-electron chi connectivity index (χ3n) is 0.925. The summed E-state index contributed by atoms with van der Waals surface area (Å²) in [5.41, 5.74) is 0. The first-order valence-electron chi connectivity index (χ1n) is 2.47. The Hall–Kier alpha value is -0.640. The third-order valence-corrected chi connectivity index (χ3v) is 1.34. The van der Waals surface area contributed by atoms with Gasteiger partial charge in [0.25, 0.3) is 0 Å². The predicted octanol–water partition coefficient (Wildman–Crippen LogP) is 2.94. The largest absolute Gasteiger partial charge is 0.207 e. The normalized spacial score (nSPS) is 9.90. The van der Waals surface area contributed by atoms with Crippen LogP contribution in [0.15, 0.2) is 23.1 Å². The molecular weight excluding hydrogens is 161 g/mol. The Morgan fingerprint density at radius 3 is 1.90 bits per heavy atom. The molecule has 1 rings (SSSR count). The van der Waals surface area contributed by atoms with Crippen LogP contribution in [0.1, 0.15) is 0 Å². The van der Waals surface area contributed by atoms with Crippen LogP contribution in [-0.2, 0) is 0 Å². The SMILES string of the molecule is FSc1cc(F)cc(F)c1. The highest BCUT2D eigenvalue weighted by molar-refractivity contribution is 7.94. The molecule has 1 aromatic carbocycles. The molecule has 0 bridgehead atoms. The van der Waals surface area contributed by atoms with E-state index in [1.807, 2.05) is 0 Å². The van der Waals surface area contributed by atoms with Gasteiger partial charge in [0.05, 0.1) is 12.1 Å². The van der Waals surface area contributed by atoms with Gasteiger partial charge in [0, 0.05) is 11.0 Å². The van der Waals surface area contributed by atoms with Crippen molar-refractivity contribution in [2.75, 3.05) is 0 Å². The lowest BCUT2D eigenvalue weighted by molar-refractivity contribution is 0.577. The van der Waals surface area contributed by atoms with E-state index in [4.69, 9.17) is 0 Å². The van der Waals surface area contributed by atoms with Gasteiger partial charge in [-0.2, -0.15) is 3.89 Å². The molecule has 0 spiro atoms. The van der Waals surface area contributed by atoms with E-state index >= 15 is 0 Å². The van der Waals surface area contributed by atoms with Crippen molar-refractivity contribution in [1.82, 2.24) is 0 Å². The van der Waals surface area contributed by atoms with Crippen LogP contribution in [0.3, 0.4) is 0 Å². The van der Waals surface area contributed by atoms with Crippen LogP contribution in [0, 0.1) is 11.6 Å². The molecule has 0 aliphatic carbocycles. The Labute approximate surface area is 60.3 Å². The molecule has 10 heavy (non-hydrogen) atoms. The second-order valence-electron chi connectivity index (χ2n) is 1.68. The first-order chi connectivity index (χ1) is 4.72. The summed E-state index contributed by atoms with van der Waals surface area (Å²) in [6, 6.07) is 2.54. The molecular formula is C6H3F3S.